The minimum absolute atomic E-state index is 0.368. The summed E-state index contributed by atoms with van der Waals surface area (Å²) < 4.78 is 1.90. The highest BCUT2D eigenvalue weighted by Crippen LogP contribution is 2.29. The van der Waals surface area contributed by atoms with Crippen LogP contribution in [0.15, 0.2) is 24.4 Å². The van der Waals surface area contributed by atoms with Gasteiger partial charge in [-0.15, -0.1) is 0 Å². The molecule has 1 aromatic heterocycles. The summed E-state index contributed by atoms with van der Waals surface area (Å²) in [5.74, 6) is -0.477. The molecule has 0 spiro atoms. The van der Waals surface area contributed by atoms with Gasteiger partial charge < -0.3 is 9.67 Å². The Labute approximate surface area is 94.3 Å². The second-order valence-corrected chi connectivity index (χ2v) is 4.36. The molecule has 0 fully saturated rings. The fraction of sp³-hybridized carbons (Fsp3) is 0.308. The van der Waals surface area contributed by atoms with Crippen molar-refractivity contribution in [3.8, 4) is 0 Å². The maximum Gasteiger partial charge on any atom is 0.337 e. The number of benzene rings is 1. The highest BCUT2D eigenvalue weighted by molar-refractivity contribution is 6.03. The number of hydrogen-bond acceptors (Lipinski definition) is 1. The minimum atomic E-state index is -0.873. The standard InChI is InChI=1S/C13H15NO2/c1-8(2)11-7-14(3)12-9(11)5-4-6-10(12)13(15)16/h4-8H,1-3H3,(H,15,16). The van der Waals surface area contributed by atoms with E-state index in [4.69, 9.17) is 5.11 Å². The molecule has 0 radical (unpaired) electrons. The Morgan fingerprint density at radius 3 is 2.62 bits per heavy atom. The van der Waals surface area contributed by atoms with Crippen molar-refractivity contribution in [2.75, 3.05) is 0 Å². The average molecular weight is 217 g/mol. The van der Waals surface area contributed by atoms with Crippen molar-refractivity contribution in [1.29, 1.82) is 0 Å². The van der Waals surface area contributed by atoms with Crippen LogP contribution in [0.2, 0.25) is 0 Å². The number of carboxylic acid groups (broad SMARTS) is 1. The van der Waals surface area contributed by atoms with Crippen LogP contribution in [0.5, 0.6) is 0 Å². The zero-order valence-corrected chi connectivity index (χ0v) is 9.69. The van der Waals surface area contributed by atoms with Crippen LogP contribution in [0.4, 0.5) is 0 Å². The van der Waals surface area contributed by atoms with E-state index in [2.05, 4.69) is 13.8 Å². The van der Waals surface area contributed by atoms with Gasteiger partial charge in [-0.2, -0.15) is 0 Å². The molecule has 1 N–H and O–H groups in total. The van der Waals surface area contributed by atoms with E-state index in [1.807, 2.05) is 23.9 Å². The molecule has 0 atom stereocenters. The SMILES string of the molecule is CC(C)c1cn(C)c2c(C(=O)O)cccc12. The van der Waals surface area contributed by atoms with E-state index in [1.165, 1.54) is 5.56 Å². The number of aromatic nitrogens is 1. The monoisotopic (exact) mass is 217 g/mol. The van der Waals surface area contributed by atoms with Crippen molar-refractivity contribution >= 4 is 16.9 Å². The zero-order valence-electron chi connectivity index (χ0n) is 9.69. The number of carboxylic acids is 1. The van der Waals surface area contributed by atoms with Crippen LogP contribution in [0, 0.1) is 0 Å². The van der Waals surface area contributed by atoms with E-state index in [1.54, 1.807) is 12.1 Å². The van der Waals surface area contributed by atoms with Gasteiger partial charge in [0, 0.05) is 18.6 Å². The smallest absolute Gasteiger partial charge is 0.337 e. The van der Waals surface area contributed by atoms with E-state index >= 15 is 0 Å². The van der Waals surface area contributed by atoms with Crippen LogP contribution < -0.4 is 0 Å². The first-order valence-corrected chi connectivity index (χ1v) is 5.33. The lowest BCUT2D eigenvalue weighted by Gasteiger charge is -2.03. The van der Waals surface area contributed by atoms with Gasteiger partial charge in [-0.1, -0.05) is 26.0 Å². The molecule has 1 heterocycles. The van der Waals surface area contributed by atoms with Crippen LogP contribution in [-0.4, -0.2) is 15.6 Å². The molecule has 0 aliphatic heterocycles. The Morgan fingerprint density at radius 1 is 1.38 bits per heavy atom. The molecule has 0 aliphatic rings. The molecule has 0 amide bonds. The van der Waals surface area contributed by atoms with Gasteiger partial charge in [0.15, 0.2) is 0 Å². The lowest BCUT2D eigenvalue weighted by atomic mass is 10.0. The Hall–Kier alpha value is -1.77. The highest BCUT2D eigenvalue weighted by Gasteiger charge is 2.15. The molecule has 0 aliphatic carbocycles. The second-order valence-electron chi connectivity index (χ2n) is 4.36. The van der Waals surface area contributed by atoms with Crippen molar-refractivity contribution in [1.82, 2.24) is 4.57 Å². The minimum Gasteiger partial charge on any atom is -0.478 e. The summed E-state index contributed by atoms with van der Waals surface area (Å²) in [6.07, 6.45) is 2.02. The van der Waals surface area contributed by atoms with Gasteiger partial charge in [0.25, 0.3) is 0 Å². The van der Waals surface area contributed by atoms with Gasteiger partial charge in [-0.25, -0.2) is 4.79 Å². The van der Waals surface area contributed by atoms with Crippen molar-refractivity contribution < 1.29 is 9.90 Å². The van der Waals surface area contributed by atoms with Crippen LogP contribution in [0.1, 0.15) is 35.7 Å². The summed E-state index contributed by atoms with van der Waals surface area (Å²) in [7, 11) is 1.89. The normalized spacial score (nSPS) is 11.2. The number of para-hydroxylation sites is 1. The van der Waals surface area contributed by atoms with E-state index < -0.39 is 5.97 Å². The van der Waals surface area contributed by atoms with Crippen molar-refractivity contribution in [2.45, 2.75) is 19.8 Å². The van der Waals surface area contributed by atoms with E-state index in [0.717, 1.165) is 10.9 Å². The van der Waals surface area contributed by atoms with Gasteiger partial charge >= 0.3 is 5.97 Å². The van der Waals surface area contributed by atoms with Crippen molar-refractivity contribution in [3.63, 3.8) is 0 Å². The molecule has 1 aromatic carbocycles. The van der Waals surface area contributed by atoms with Gasteiger partial charge in [0.1, 0.15) is 0 Å². The number of hydrogen-bond donors (Lipinski definition) is 1. The number of aryl methyl sites for hydroxylation is 1. The summed E-state index contributed by atoms with van der Waals surface area (Å²) in [5.41, 5.74) is 2.37. The number of fused-ring (bicyclic) bond motifs is 1. The fourth-order valence-electron chi connectivity index (χ4n) is 2.13. The largest absolute Gasteiger partial charge is 0.478 e. The molecule has 0 bridgehead atoms. The number of aromatic carboxylic acids is 1. The highest BCUT2D eigenvalue weighted by atomic mass is 16.4. The lowest BCUT2D eigenvalue weighted by molar-refractivity contribution is 0.0698. The third kappa shape index (κ3) is 1.48. The summed E-state index contributed by atoms with van der Waals surface area (Å²) >= 11 is 0. The lowest BCUT2D eigenvalue weighted by Crippen LogP contribution is -1.99. The topological polar surface area (TPSA) is 42.2 Å². The molecule has 2 rings (SSSR count). The molecule has 0 unspecified atom stereocenters. The van der Waals surface area contributed by atoms with Crippen LogP contribution in [-0.2, 0) is 7.05 Å². The summed E-state index contributed by atoms with van der Waals surface area (Å²) in [6, 6.07) is 5.43. The second kappa shape index (κ2) is 3.67. The fourth-order valence-corrected chi connectivity index (χ4v) is 2.13. The molecule has 2 aromatic rings. The first-order valence-electron chi connectivity index (χ1n) is 5.33. The predicted octanol–water partition coefficient (Wildman–Crippen LogP) is 3.00. The Bertz CT molecular complexity index is 552. The maximum atomic E-state index is 11.1. The Morgan fingerprint density at radius 2 is 2.06 bits per heavy atom. The van der Waals surface area contributed by atoms with Gasteiger partial charge in [-0.05, 0) is 17.5 Å². The molecule has 0 saturated carbocycles. The summed E-state index contributed by atoms with van der Waals surface area (Å²) in [5, 5.41) is 10.2. The van der Waals surface area contributed by atoms with E-state index in [-0.39, 0.29) is 0 Å². The first kappa shape index (κ1) is 10.7. The maximum absolute atomic E-state index is 11.1. The number of carbonyl (C=O) groups is 1. The number of nitrogens with zero attached hydrogens (tertiary/aromatic N) is 1. The van der Waals surface area contributed by atoms with E-state index in [9.17, 15) is 4.79 Å². The Balaban J connectivity index is 2.84. The average Bonchev–Trinajstić information content (AvgIpc) is 2.56. The van der Waals surface area contributed by atoms with Gasteiger partial charge in [-0.3, -0.25) is 0 Å². The van der Waals surface area contributed by atoms with Crippen molar-refractivity contribution in [2.24, 2.45) is 7.05 Å². The molecule has 3 heteroatoms. The molecule has 16 heavy (non-hydrogen) atoms. The van der Waals surface area contributed by atoms with Crippen LogP contribution in [0.3, 0.4) is 0 Å². The molecular weight excluding hydrogens is 202 g/mol. The quantitative estimate of drug-likeness (QED) is 0.840. The zero-order chi connectivity index (χ0) is 11.9. The summed E-state index contributed by atoms with van der Waals surface area (Å²) in [6.45, 7) is 4.23. The third-order valence-electron chi connectivity index (χ3n) is 2.88. The van der Waals surface area contributed by atoms with E-state index in [0.29, 0.717) is 11.5 Å². The molecule has 0 saturated heterocycles. The van der Waals surface area contributed by atoms with Crippen LogP contribution in [0.25, 0.3) is 10.9 Å². The Kier molecular flexibility index (Phi) is 2.46. The van der Waals surface area contributed by atoms with Gasteiger partial charge in [0.2, 0.25) is 0 Å². The summed E-state index contributed by atoms with van der Waals surface area (Å²) in [4.78, 5) is 11.1. The van der Waals surface area contributed by atoms with Crippen LogP contribution >= 0.6 is 0 Å². The first-order chi connectivity index (χ1) is 7.52. The third-order valence-corrected chi connectivity index (χ3v) is 2.88. The molecular formula is C13H15NO2. The molecule has 84 valence electrons. The molecule has 3 nitrogen and oxygen atoms in total. The number of rotatable bonds is 2. The van der Waals surface area contributed by atoms with Gasteiger partial charge in [0.05, 0.1) is 11.1 Å². The van der Waals surface area contributed by atoms with Crippen molar-refractivity contribution in [3.05, 3.63) is 35.5 Å². The predicted molar refractivity (Wildman–Crippen MR) is 64.0 cm³/mol.